The predicted molar refractivity (Wildman–Crippen MR) is 104 cm³/mol. The van der Waals surface area contributed by atoms with Gasteiger partial charge in [-0.25, -0.2) is 4.79 Å². The van der Waals surface area contributed by atoms with Gasteiger partial charge in [-0.15, -0.1) is 0 Å². The summed E-state index contributed by atoms with van der Waals surface area (Å²) >= 11 is 0. The highest BCUT2D eigenvalue weighted by molar-refractivity contribution is 6.09. The summed E-state index contributed by atoms with van der Waals surface area (Å²) in [5, 5.41) is 10.7. The molecule has 3 aromatic rings. The van der Waals surface area contributed by atoms with Gasteiger partial charge in [0.2, 0.25) is 0 Å². The predicted octanol–water partition coefficient (Wildman–Crippen LogP) is 3.87. The third-order valence-electron chi connectivity index (χ3n) is 4.15. The fraction of sp³-hybridized carbons (Fsp3) is 0.0455. The number of hydrogen-bond donors (Lipinski definition) is 0. The van der Waals surface area contributed by atoms with E-state index in [-0.39, 0.29) is 29.4 Å². The number of rotatable bonds is 7. The van der Waals surface area contributed by atoms with Crippen molar-refractivity contribution in [3.05, 3.63) is 111 Å². The molecule has 7 nitrogen and oxygen atoms in total. The van der Waals surface area contributed by atoms with E-state index >= 15 is 0 Å². The van der Waals surface area contributed by atoms with Gasteiger partial charge < -0.3 is 4.74 Å². The van der Waals surface area contributed by atoms with Crippen molar-refractivity contribution >= 4 is 23.2 Å². The Morgan fingerprint density at radius 1 is 0.724 bits per heavy atom. The molecule has 0 bridgehead atoms. The van der Waals surface area contributed by atoms with Gasteiger partial charge in [0.15, 0.2) is 18.2 Å². The molecule has 29 heavy (non-hydrogen) atoms. The van der Waals surface area contributed by atoms with Crippen molar-refractivity contribution in [3.63, 3.8) is 0 Å². The van der Waals surface area contributed by atoms with E-state index in [0.29, 0.717) is 16.7 Å². The first-order valence-electron chi connectivity index (χ1n) is 8.60. The average Bonchev–Trinajstić information content (AvgIpc) is 2.77. The SMILES string of the molecule is O=C(COC(=O)c1ccc(C(=O)c2ccc([N+](=O)[O-])cc2)cc1)c1ccccc1. The van der Waals surface area contributed by atoms with Crippen LogP contribution in [0.2, 0.25) is 0 Å². The lowest BCUT2D eigenvalue weighted by Crippen LogP contribution is -2.14. The Labute approximate surface area is 165 Å². The van der Waals surface area contributed by atoms with Gasteiger partial charge in [0.1, 0.15) is 0 Å². The van der Waals surface area contributed by atoms with Gasteiger partial charge in [0, 0.05) is 28.8 Å². The van der Waals surface area contributed by atoms with E-state index in [9.17, 15) is 24.5 Å². The summed E-state index contributed by atoms with van der Waals surface area (Å²) in [4.78, 5) is 46.7. The monoisotopic (exact) mass is 389 g/mol. The van der Waals surface area contributed by atoms with Gasteiger partial charge in [-0.1, -0.05) is 42.5 Å². The molecule has 0 aliphatic carbocycles. The number of nitro groups is 1. The number of Topliss-reactive ketones (excluding diaryl/α,β-unsaturated/α-hetero) is 1. The van der Waals surface area contributed by atoms with Gasteiger partial charge in [-0.05, 0) is 24.3 Å². The van der Waals surface area contributed by atoms with Crippen molar-refractivity contribution in [1.82, 2.24) is 0 Å². The summed E-state index contributed by atoms with van der Waals surface area (Å²) in [7, 11) is 0. The Bertz CT molecular complexity index is 1060. The highest BCUT2D eigenvalue weighted by atomic mass is 16.6. The Balaban J connectivity index is 1.63. The molecular formula is C22H15NO6. The first-order chi connectivity index (χ1) is 14.0. The van der Waals surface area contributed by atoms with Gasteiger partial charge in [0.25, 0.3) is 5.69 Å². The number of nitrogens with zero attached hydrogens (tertiary/aromatic N) is 1. The van der Waals surface area contributed by atoms with Gasteiger partial charge in [-0.2, -0.15) is 0 Å². The van der Waals surface area contributed by atoms with E-state index in [1.54, 1.807) is 30.3 Å². The summed E-state index contributed by atoms with van der Waals surface area (Å²) in [5.74, 6) is -1.33. The van der Waals surface area contributed by atoms with Crippen molar-refractivity contribution < 1.29 is 24.0 Å². The zero-order chi connectivity index (χ0) is 20.8. The van der Waals surface area contributed by atoms with Crippen LogP contribution in [0.3, 0.4) is 0 Å². The molecule has 3 aromatic carbocycles. The second-order valence-electron chi connectivity index (χ2n) is 6.08. The molecule has 7 heteroatoms. The van der Waals surface area contributed by atoms with Crippen molar-refractivity contribution in [1.29, 1.82) is 0 Å². The molecule has 0 aliphatic rings. The third kappa shape index (κ3) is 4.78. The molecular weight excluding hydrogens is 374 g/mol. The van der Waals surface area contributed by atoms with Crippen LogP contribution < -0.4 is 0 Å². The Kier molecular flexibility index (Phi) is 5.89. The van der Waals surface area contributed by atoms with Crippen molar-refractivity contribution in [2.75, 3.05) is 6.61 Å². The van der Waals surface area contributed by atoms with Gasteiger partial charge in [0.05, 0.1) is 10.5 Å². The Hall–Kier alpha value is -4.13. The minimum Gasteiger partial charge on any atom is -0.454 e. The largest absolute Gasteiger partial charge is 0.454 e. The first kappa shape index (κ1) is 19.6. The van der Waals surface area contributed by atoms with Crippen LogP contribution in [0.15, 0.2) is 78.9 Å². The van der Waals surface area contributed by atoms with E-state index in [2.05, 4.69) is 0 Å². The minimum absolute atomic E-state index is 0.107. The third-order valence-corrected chi connectivity index (χ3v) is 4.15. The number of esters is 1. The van der Waals surface area contributed by atoms with Crippen molar-refractivity contribution in [3.8, 4) is 0 Å². The maximum atomic E-state index is 12.4. The molecule has 0 unspecified atom stereocenters. The Morgan fingerprint density at radius 3 is 1.79 bits per heavy atom. The maximum absolute atomic E-state index is 12.4. The number of carbonyl (C=O) groups excluding carboxylic acids is 3. The van der Waals surface area contributed by atoms with Gasteiger partial charge in [-0.3, -0.25) is 19.7 Å². The molecule has 0 radical (unpaired) electrons. The lowest BCUT2D eigenvalue weighted by atomic mass is 10.0. The van der Waals surface area contributed by atoms with Crippen LogP contribution in [-0.2, 0) is 4.74 Å². The number of hydrogen-bond acceptors (Lipinski definition) is 6. The number of ketones is 2. The molecule has 0 saturated carbocycles. The molecule has 0 N–H and O–H groups in total. The molecule has 0 saturated heterocycles. The van der Waals surface area contributed by atoms with Crippen molar-refractivity contribution in [2.45, 2.75) is 0 Å². The number of nitro benzene ring substituents is 1. The van der Waals surface area contributed by atoms with Crippen LogP contribution >= 0.6 is 0 Å². The van der Waals surface area contributed by atoms with Crippen LogP contribution in [0.4, 0.5) is 5.69 Å². The van der Waals surface area contributed by atoms with Crippen LogP contribution in [0.5, 0.6) is 0 Å². The quantitative estimate of drug-likeness (QED) is 0.263. The molecule has 3 rings (SSSR count). The zero-order valence-electron chi connectivity index (χ0n) is 15.1. The second-order valence-corrected chi connectivity index (χ2v) is 6.08. The van der Waals surface area contributed by atoms with Crippen LogP contribution in [0.25, 0.3) is 0 Å². The van der Waals surface area contributed by atoms with Gasteiger partial charge >= 0.3 is 5.97 Å². The summed E-state index contributed by atoms with van der Waals surface area (Å²) in [5.41, 5.74) is 1.15. The Morgan fingerprint density at radius 2 is 1.24 bits per heavy atom. The molecule has 0 spiro atoms. The summed E-state index contributed by atoms with van der Waals surface area (Å²) < 4.78 is 5.03. The van der Waals surface area contributed by atoms with E-state index in [1.807, 2.05) is 0 Å². The average molecular weight is 389 g/mol. The topological polar surface area (TPSA) is 104 Å². The lowest BCUT2D eigenvalue weighted by Gasteiger charge is -2.06. The molecule has 0 fully saturated rings. The standard InChI is InChI=1S/C22H15NO6/c24-20(15-4-2-1-3-5-15)14-29-22(26)18-8-6-16(7-9-18)21(25)17-10-12-19(13-11-17)23(27)28/h1-13H,14H2. The van der Waals surface area contributed by atoms with E-state index in [4.69, 9.17) is 4.74 Å². The molecule has 0 aliphatic heterocycles. The highest BCUT2D eigenvalue weighted by Gasteiger charge is 2.15. The molecule has 144 valence electrons. The summed E-state index contributed by atoms with van der Waals surface area (Å²) in [6, 6.07) is 19.5. The number of non-ortho nitro benzene ring substituents is 1. The van der Waals surface area contributed by atoms with Crippen LogP contribution in [0.1, 0.15) is 36.6 Å². The highest BCUT2D eigenvalue weighted by Crippen LogP contribution is 2.16. The minimum atomic E-state index is -0.677. The normalized spacial score (nSPS) is 10.2. The lowest BCUT2D eigenvalue weighted by molar-refractivity contribution is -0.384. The van der Waals surface area contributed by atoms with Crippen molar-refractivity contribution in [2.24, 2.45) is 0 Å². The van der Waals surface area contributed by atoms with Crippen LogP contribution in [-0.4, -0.2) is 29.1 Å². The second kappa shape index (κ2) is 8.71. The zero-order valence-corrected chi connectivity index (χ0v) is 15.1. The summed E-state index contributed by atoms with van der Waals surface area (Å²) in [6.45, 7) is -0.383. The number of carbonyl (C=O) groups is 3. The van der Waals surface area contributed by atoms with E-state index < -0.39 is 10.9 Å². The fourth-order valence-corrected chi connectivity index (χ4v) is 2.58. The molecule has 0 amide bonds. The number of benzene rings is 3. The maximum Gasteiger partial charge on any atom is 0.338 e. The smallest absolute Gasteiger partial charge is 0.338 e. The molecule has 0 atom stereocenters. The first-order valence-corrected chi connectivity index (χ1v) is 8.60. The molecule has 0 heterocycles. The number of ether oxygens (including phenoxy) is 1. The molecule has 0 aromatic heterocycles. The summed E-state index contributed by atoms with van der Waals surface area (Å²) in [6.07, 6.45) is 0. The van der Waals surface area contributed by atoms with Crippen LogP contribution in [0, 0.1) is 10.1 Å². The van der Waals surface area contributed by atoms with E-state index in [0.717, 1.165) is 0 Å². The van der Waals surface area contributed by atoms with E-state index in [1.165, 1.54) is 48.5 Å². The fourth-order valence-electron chi connectivity index (χ4n) is 2.58.